The van der Waals surface area contributed by atoms with Gasteiger partial charge in [0.15, 0.2) is 0 Å². The summed E-state index contributed by atoms with van der Waals surface area (Å²) in [5, 5.41) is 0. The van der Waals surface area contributed by atoms with Gasteiger partial charge in [-0.3, -0.25) is 4.21 Å². The number of halogens is 1. The van der Waals surface area contributed by atoms with E-state index >= 15 is 0 Å². The monoisotopic (exact) mass is 182 g/mol. The van der Waals surface area contributed by atoms with Crippen LogP contribution in [-0.2, 0) is 10.8 Å². The number of hydrogen-bond acceptors (Lipinski definition) is 1. The van der Waals surface area contributed by atoms with Crippen molar-refractivity contribution in [2.75, 3.05) is 12.0 Å². The predicted octanol–water partition coefficient (Wildman–Crippen LogP) is 1.27. The predicted molar refractivity (Wildman–Crippen MR) is 37.0 cm³/mol. The van der Waals surface area contributed by atoms with Crippen molar-refractivity contribution in [1.82, 2.24) is 0 Å². The lowest BCUT2D eigenvalue weighted by molar-refractivity contribution is 0.688. The zero-order valence-corrected chi connectivity index (χ0v) is 6.51. The van der Waals surface area contributed by atoms with Gasteiger partial charge in [-0.2, -0.15) is 0 Å². The Morgan fingerprint density at radius 3 is 2.43 bits per heavy atom. The van der Waals surface area contributed by atoms with Crippen LogP contribution in [0.25, 0.3) is 0 Å². The minimum Gasteiger partial charge on any atom is -0.260 e. The molecule has 0 N–H and O–H groups in total. The van der Waals surface area contributed by atoms with E-state index in [0.29, 0.717) is 5.75 Å². The van der Waals surface area contributed by atoms with Gasteiger partial charge in [0.05, 0.1) is 5.75 Å². The Labute approximate surface area is 54.4 Å². The Morgan fingerprint density at radius 1 is 2.00 bits per heavy atom. The molecule has 0 radical (unpaired) electrons. The van der Waals surface area contributed by atoms with E-state index in [-0.39, 0.29) is 0 Å². The normalized spacial score (nSPS) is 13.4. The van der Waals surface area contributed by atoms with Crippen molar-refractivity contribution in [3.8, 4) is 0 Å². The minimum atomic E-state index is -0.742. The topological polar surface area (TPSA) is 17.1 Å². The van der Waals surface area contributed by atoms with Crippen molar-refractivity contribution in [3.63, 3.8) is 0 Å². The van der Waals surface area contributed by atoms with Crippen molar-refractivity contribution in [2.24, 2.45) is 0 Å². The molecule has 0 aliphatic heterocycles. The molecule has 1 nitrogen and oxygen atoms in total. The third kappa shape index (κ3) is 6.37. The van der Waals surface area contributed by atoms with Gasteiger partial charge < -0.3 is 0 Å². The highest BCUT2D eigenvalue weighted by Gasteiger charge is 1.88. The Kier molecular flexibility index (Phi) is 3.56. The molecule has 0 aromatic carbocycles. The molecule has 0 rings (SSSR count). The average molecular weight is 183 g/mol. The van der Waals surface area contributed by atoms with Crippen molar-refractivity contribution in [3.05, 3.63) is 11.1 Å². The molecule has 0 saturated carbocycles. The average Bonchev–Trinajstić information content (AvgIpc) is 1.27. The van der Waals surface area contributed by atoms with Gasteiger partial charge in [-0.1, -0.05) is 22.5 Å². The first-order valence-electron chi connectivity index (χ1n) is 1.76. The van der Waals surface area contributed by atoms with Crippen LogP contribution < -0.4 is 0 Å². The second-order valence-corrected chi connectivity index (χ2v) is 3.79. The van der Waals surface area contributed by atoms with E-state index in [1.807, 2.05) is 0 Å². The highest BCUT2D eigenvalue weighted by Crippen LogP contribution is 2.00. The molecule has 1 unspecified atom stereocenters. The minimum absolute atomic E-state index is 0.556. The molecule has 0 aliphatic carbocycles. The maximum Gasteiger partial charge on any atom is 0.0542 e. The summed E-state index contributed by atoms with van der Waals surface area (Å²) in [5.74, 6) is 0.556. The highest BCUT2D eigenvalue weighted by molar-refractivity contribution is 9.11. The fourth-order valence-corrected chi connectivity index (χ4v) is 1.63. The zero-order chi connectivity index (χ0) is 5.86. The van der Waals surface area contributed by atoms with E-state index in [4.69, 9.17) is 0 Å². The molecule has 0 amide bonds. The maximum atomic E-state index is 10.3. The second-order valence-electron chi connectivity index (χ2n) is 1.23. The van der Waals surface area contributed by atoms with Gasteiger partial charge in [-0.25, -0.2) is 0 Å². The summed E-state index contributed by atoms with van der Waals surface area (Å²) < 4.78 is 11.1. The fourth-order valence-electron chi connectivity index (χ4n) is 0.221. The van der Waals surface area contributed by atoms with Crippen LogP contribution in [0.4, 0.5) is 0 Å². The van der Waals surface area contributed by atoms with Crippen LogP contribution in [0.1, 0.15) is 0 Å². The van der Waals surface area contributed by atoms with E-state index in [0.717, 1.165) is 4.48 Å². The fraction of sp³-hybridized carbons (Fsp3) is 0.500. The molecule has 42 valence electrons. The zero-order valence-electron chi connectivity index (χ0n) is 4.11. The Balaban J connectivity index is 3.32. The largest absolute Gasteiger partial charge is 0.260 e. The Morgan fingerprint density at radius 2 is 2.43 bits per heavy atom. The molecule has 1 atom stereocenters. The lowest BCUT2D eigenvalue weighted by atomic mass is 10.8. The number of rotatable bonds is 2. The smallest absolute Gasteiger partial charge is 0.0542 e. The molecular weight excluding hydrogens is 176 g/mol. The molecule has 7 heavy (non-hydrogen) atoms. The summed E-state index contributed by atoms with van der Waals surface area (Å²) in [4.78, 5) is 0. The Hall–Kier alpha value is 0.370. The van der Waals surface area contributed by atoms with E-state index in [9.17, 15) is 4.21 Å². The van der Waals surface area contributed by atoms with Crippen LogP contribution in [0.5, 0.6) is 0 Å². The summed E-state index contributed by atoms with van der Waals surface area (Å²) in [6, 6.07) is 0. The summed E-state index contributed by atoms with van der Waals surface area (Å²) in [7, 11) is -0.742. The second kappa shape index (κ2) is 3.38. The first kappa shape index (κ1) is 7.37. The lowest BCUT2D eigenvalue weighted by Gasteiger charge is -1.87. The molecule has 3 heteroatoms. The third-order valence-electron chi connectivity index (χ3n) is 0.360. The molecule has 0 aliphatic rings. The Bertz CT molecular complexity index is 87.9. The van der Waals surface area contributed by atoms with Crippen molar-refractivity contribution in [2.45, 2.75) is 0 Å². The maximum absolute atomic E-state index is 10.3. The van der Waals surface area contributed by atoms with Gasteiger partial charge >= 0.3 is 0 Å². The van der Waals surface area contributed by atoms with Gasteiger partial charge in [0.25, 0.3) is 0 Å². The van der Waals surface area contributed by atoms with Crippen molar-refractivity contribution >= 4 is 26.7 Å². The first-order chi connectivity index (χ1) is 3.13. The lowest BCUT2D eigenvalue weighted by Crippen LogP contribution is -1.90. The summed E-state index contributed by atoms with van der Waals surface area (Å²) in [5.41, 5.74) is 0. The van der Waals surface area contributed by atoms with Crippen LogP contribution in [0, 0.1) is 0 Å². The van der Waals surface area contributed by atoms with Gasteiger partial charge in [-0.05, 0) is 0 Å². The standard InChI is InChI=1S/C4H7BrOS/c1-4(5)3-7(2)6/h1,3H2,2H3. The molecule has 0 aromatic rings. The van der Waals surface area contributed by atoms with E-state index in [1.165, 1.54) is 0 Å². The summed E-state index contributed by atoms with van der Waals surface area (Å²) >= 11 is 3.09. The molecule has 0 fully saturated rings. The molecular formula is C4H7BrOS. The van der Waals surface area contributed by atoms with Crippen molar-refractivity contribution in [1.29, 1.82) is 0 Å². The summed E-state index contributed by atoms with van der Waals surface area (Å²) in [6.45, 7) is 3.52. The van der Waals surface area contributed by atoms with Crippen molar-refractivity contribution < 1.29 is 4.21 Å². The molecule has 0 saturated heterocycles. The van der Waals surface area contributed by atoms with Crippen LogP contribution in [0.3, 0.4) is 0 Å². The van der Waals surface area contributed by atoms with Crippen LogP contribution in [0.2, 0.25) is 0 Å². The molecule has 0 aromatic heterocycles. The summed E-state index contributed by atoms with van der Waals surface area (Å²) in [6.07, 6.45) is 1.65. The van der Waals surface area contributed by atoms with Gasteiger partial charge in [0.1, 0.15) is 0 Å². The SMILES string of the molecule is C=C(Br)CS(C)=O. The molecule has 0 bridgehead atoms. The van der Waals surface area contributed by atoms with E-state index in [2.05, 4.69) is 22.5 Å². The quantitative estimate of drug-likeness (QED) is 0.630. The molecule has 0 spiro atoms. The van der Waals surface area contributed by atoms with Gasteiger partial charge in [-0.15, -0.1) is 0 Å². The number of hydrogen-bond donors (Lipinski definition) is 0. The van der Waals surface area contributed by atoms with Gasteiger partial charge in [0.2, 0.25) is 0 Å². The van der Waals surface area contributed by atoms with Crippen LogP contribution in [-0.4, -0.2) is 16.2 Å². The highest BCUT2D eigenvalue weighted by atomic mass is 79.9. The third-order valence-corrected chi connectivity index (χ3v) is 1.77. The molecule has 0 heterocycles. The van der Waals surface area contributed by atoms with Crippen LogP contribution in [0.15, 0.2) is 11.1 Å². The van der Waals surface area contributed by atoms with Crippen LogP contribution >= 0.6 is 15.9 Å². The van der Waals surface area contributed by atoms with E-state index < -0.39 is 10.8 Å². The van der Waals surface area contributed by atoms with Gasteiger partial charge in [0, 0.05) is 21.5 Å². The first-order valence-corrected chi connectivity index (χ1v) is 4.28. The van der Waals surface area contributed by atoms with E-state index in [1.54, 1.807) is 6.26 Å².